The second-order valence-corrected chi connectivity index (χ2v) is 7.80. The van der Waals surface area contributed by atoms with Gasteiger partial charge in [0.1, 0.15) is 5.75 Å². The number of nitrogens with one attached hydrogen (secondary N) is 1. The maximum atomic E-state index is 12.0. The van der Waals surface area contributed by atoms with Crippen molar-refractivity contribution in [2.45, 2.75) is 5.75 Å². The molecule has 0 fully saturated rings. The van der Waals surface area contributed by atoms with Crippen LogP contribution in [0.15, 0.2) is 48.5 Å². The standard InChI is InChI=1S/C16H13IN2O4S/c17-14-5-7-15(8-6-14)23-10-16(20)19-24(21,22)11-13-3-1-12(9-18)2-4-13/h1-8H,10-11H2,(H,19,20). The molecule has 124 valence electrons. The first-order chi connectivity index (χ1) is 11.4. The number of sulfonamides is 1. The van der Waals surface area contributed by atoms with E-state index in [1.165, 1.54) is 24.3 Å². The minimum absolute atomic E-state index is 0.353. The van der Waals surface area contributed by atoms with Crippen LogP contribution in [0.3, 0.4) is 0 Å². The van der Waals surface area contributed by atoms with Gasteiger partial charge in [0.2, 0.25) is 10.0 Å². The van der Waals surface area contributed by atoms with Crippen molar-refractivity contribution in [1.29, 1.82) is 5.26 Å². The van der Waals surface area contributed by atoms with E-state index in [-0.39, 0.29) is 5.75 Å². The van der Waals surface area contributed by atoms with E-state index in [9.17, 15) is 13.2 Å². The highest BCUT2D eigenvalue weighted by molar-refractivity contribution is 14.1. The molecular weight excluding hydrogens is 443 g/mol. The lowest BCUT2D eigenvalue weighted by molar-refractivity contribution is -0.121. The molecule has 0 saturated heterocycles. The Labute approximate surface area is 153 Å². The molecule has 24 heavy (non-hydrogen) atoms. The van der Waals surface area contributed by atoms with Gasteiger partial charge in [0.05, 0.1) is 17.4 Å². The maximum Gasteiger partial charge on any atom is 0.271 e. The van der Waals surface area contributed by atoms with Gasteiger partial charge in [0, 0.05) is 3.57 Å². The summed E-state index contributed by atoms with van der Waals surface area (Å²) >= 11 is 2.14. The van der Waals surface area contributed by atoms with Gasteiger partial charge < -0.3 is 4.74 Å². The molecule has 8 heteroatoms. The fraction of sp³-hybridized carbons (Fsp3) is 0.125. The van der Waals surface area contributed by atoms with Gasteiger partial charge in [-0.3, -0.25) is 4.79 Å². The summed E-state index contributed by atoms with van der Waals surface area (Å²) in [5.74, 6) is -0.620. The van der Waals surface area contributed by atoms with Crippen LogP contribution >= 0.6 is 22.6 Å². The van der Waals surface area contributed by atoms with Crippen molar-refractivity contribution in [3.8, 4) is 11.8 Å². The molecule has 0 saturated carbocycles. The maximum absolute atomic E-state index is 12.0. The molecule has 2 rings (SSSR count). The van der Waals surface area contributed by atoms with Crippen LogP contribution in [-0.4, -0.2) is 20.9 Å². The number of rotatable bonds is 6. The minimum atomic E-state index is -3.83. The Balaban J connectivity index is 1.89. The molecule has 2 aromatic carbocycles. The Hall–Kier alpha value is -2.12. The number of hydrogen-bond donors (Lipinski definition) is 1. The normalized spacial score (nSPS) is 10.7. The Morgan fingerprint density at radius 3 is 2.33 bits per heavy atom. The van der Waals surface area contributed by atoms with Crippen LogP contribution in [0.25, 0.3) is 0 Å². The molecule has 0 heterocycles. The lowest BCUT2D eigenvalue weighted by Gasteiger charge is -2.08. The first kappa shape index (κ1) is 18.2. The second-order valence-electron chi connectivity index (χ2n) is 4.84. The number of nitrogens with zero attached hydrogens (tertiary/aromatic N) is 1. The monoisotopic (exact) mass is 456 g/mol. The fourth-order valence-corrected chi connectivity index (χ4v) is 3.28. The highest BCUT2D eigenvalue weighted by Crippen LogP contribution is 2.13. The first-order valence-corrected chi connectivity index (χ1v) is 9.52. The Morgan fingerprint density at radius 1 is 1.12 bits per heavy atom. The summed E-state index contributed by atoms with van der Waals surface area (Å²) in [7, 11) is -3.83. The van der Waals surface area contributed by atoms with Crippen molar-refractivity contribution in [3.63, 3.8) is 0 Å². The quantitative estimate of drug-likeness (QED) is 0.673. The van der Waals surface area contributed by atoms with E-state index in [2.05, 4.69) is 22.6 Å². The average molecular weight is 456 g/mol. The third-order valence-electron chi connectivity index (χ3n) is 2.89. The van der Waals surface area contributed by atoms with Crippen LogP contribution in [0, 0.1) is 14.9 Å². The molecule has 0 aliphatic carbocycles. The highest BCUT2D eigenvalue weighted by Gasteiger charge is 2.16. The fourth-order valence-electron chi connectivity index (χ4n) is 1.81. The molecule has 0 spiro atoms. The predicted molar refractivity (Wildman–Crippen MR) is 96.6 cm³/mol. The third-order valence-corrected chi connectivity index (χ3v) is 4.86. The molecule has 0 radical (unpaired) electrons. The molecule has 0 atom stereocenters. The molecule has 0 unspecified atom stereocenters. The number of carbonyl (C=O) groups excluding carboxylic acids is 1. The van der Waals surface area contributed by atoms with E-state index in [1.54, 1.807) is 12.1 Å². The van der Waals surface area contributed by atoms with E-state index < -0.39 is 22.5 Å². The number of benzene rings is 2. The molecule has 0 aromatic heterocycles. The van der Waals surface area contributed by atoms with Crippen molar-refractivity contribution in [3.05, 3.63) is 63.2 Å². The predicted octanol–water partition coefficient (Wildman–Crippen LogP) is 2.19. The Morgan fingerprint density at radius 2 is 1.75 bits per heavy atom. The molecule has 1 amide bonds. The van der Waals surface area contributed by atoms with Crippen LogP contribution in [0.5, 0.6) is 5.75 Å². The van der Waals surface area contributed by atoms with Crippen LogP contribution < -0.4 is 9.46 Å². The van der Waals surface area contributed by atoms with Crippen LogP contribution in [0.4, 0.5) is 0 Å². The Kier molecular flexibility index (Phi) is 6.16. The topological polar surface area (TPSA) is 96.3 Å². The zero-order valence-electron chi connectivity index (χ0n) is 12.4. The van der Waals surface area contributed by atoms with Crippen LogP contribution in [0.2, 0.25) is 0 Å². The summed E-state index contributed by atoms with van der Waals surface area (Å²) in [6.45, 7) is -0.396. The number of carbonyl (C=O) groups is 1. The van der Waals surface area contributed by atoms with Crippen LogP contribution in [0.1, 0.15) is 11.1 Å². The molecule has 0 aliphatic rings. The van der Waals surface area contributed by atoms with Gasteiger partial charge in [0.25, 0.3) is 5.91 Å². The van der Waals surface area contributed by atoms with Gasteiger partial charge in [0.15, 0.2) is 6.61 Å². The third kappa shape index (κ3) is 5.82. The number of nitriles is 1. The zero-order chi connectivity index (χ0) is 17.6. The average Bonchev–Trinajstić information content (AvgIpc) is 2.54. The largest absolute Gasteiger partial charge is 0.484 e. The van der Waals surface area contributed by atoms with Gasteiger partial charge >= 0.3 is 0 Å². The number of halogens is 1. The minimum Gasteiger partial charge on any atom is -0.484 e. The summed E-state index contributed by atoms with van der Waals surface area (Å²) in [6.07, 6.45) is 0. The lowest BCUT2D eigenvalue weighted by atomic mass is 10.2. The summed E-state index contributed by atoms with van der Waals surface area (Å²) in [4.78, 5) is 11.7. The van der Waals surface area contributed by atoms with Crippen molar-refractivity contribution < 1.29 is 17.9 Å². The van der Waals surface area contributed by atoms with Crippen molar-refractivity contribution in [1.82, 2.24) is 4.72 Å². The van der Waals surface area contributed by atoms with Crippen LogP contribution in [-0.2, 0) is 20.6 Å². The molecule has 2 aromatic rings. The van der Waals surface area contributed by atoms with Gasteiger partial charge in [-0.2, -0.15) is 5.26 Å². The molecule has 1 N–H and O–H groups in total. The summed E-state index contributed by atoms with van der Waals surface area (Å²) in [5.41, 5.74) is 0.916. The van der Waals surface area contributed by atoms with Crippen molar-refractivity contribution >= 4 is 38.5 Å². The zero-order valence-corrected chi connectivity index (χ0v) is 15.4. The van der Waals surface area contributed by atoms with E-state index in [0.717, 1.165) is 3.57 Å². The van der Waals surface area contributed by atoms with Gasteiger partial charge in [-0.1, -0.05) is 12.1 Å². The Bertz CT molecular complexity index is 856. The first-order valence-electron chi connectivity index (χ1n) is 6.79. The summed E-state index contributed by atoms with van der Waals surface area (Å²) < 4.78 is 32.1. The number of ether oxygens (including phenoxy) is 1. The van der Waals surface area contributed by atoms with Crippen molar-refractivity contribution in [2.75, 3.05) is 6.61 Å². The van der Waals surface area contributed by atoms with Gasteiger partial charge in [-0.05, 0) is 64.6 Å². The number of amides is 1. The van der Waals surface area contributed by atoms with E-state index in [0.29, 0.717) is 16.9 Å². The SMILES string of the molecule is N#Cc1ccc(CS(=O)(=O)NC(=O)COc2ccc(I)cc2)cc1. The number of hydrogen-bond acceptors (Lipinski definition) is 5. The van der Waals surface area contributed by atoms with E-state index >= 15 is 0 Å². The second kappa shape index (κ2) is 8.12. The van der Waals surface area contributed by atoms with E-state index in [1.807, 2.05) is 22.9 Å². The molecule has 6 nitrogen and oxygen atoms in total. The molecule has 0 bridgehead atoms. The smallest absolute Gasteiger partial charge is 0.271 e. The summed E-state index contributed by atoms with van der Waals surface area (Å²) in [6, 6.07) is 15.1. The molecular formula is C16H13IN2O4S. The summed E-state index contributed by atoms with van der Waals surface area (Å²) in [5, 5.41) is 8.71. The highest BCUT2D eigenvalue weighted by atomic mass is 127. The van der Waals surface area contributed by atoms with Crippen molar-refractivity contribution in [2.24, 2.45) is 0 Å². The molecule has 0 aliphatic heterocycles. The van der Waals surface area contributed by atoms with Gasteiger partial charge in [-0.25, -0.2) is 13.1 Å². The van der Waals surface area contributed by atoms with Gasteiger partial charge in [-0.15, -0.1) is 0 Å². The van der Waals surface area contributed by atoms with E-state index in [4.69, 9.17) is 10.00 Å². The lowest BCUT2D eigenvalue weighted by Crippen LogP contribution is -2.35.